The van der Waals surface area contributed by atoms with E-state index in [4.69, 9.17) is 11.6 Å². The van der Waals surface area contributed by atoms with Gasteiger partial charge in [-0.2, -0.15) is 0 Å². The second-order valence-electron chi connectivity index (χ2n) is 4.24. The largest absolute Gasteiger partial charge is 0.481 e. The Morgan fingerprint density at radius 3 is 2.50 bits per heavy atom. The van der Waals surface area contributed by atoms with E-state index in [1.165, 1.54) is 30.5 Å². The topological polar surface area (TPSA) is 50.2 Å². The van der Waals surface area contributed by atoms with Crippen molar-refractivity contribution in [2.45, 2.75) is 12.3 Å². The Bertz CT molecular complexity index is 632. The van der Waals surface area contributed by atoms with Crippen molar-refractivity contribution < 1.29 is 18.7 Å². The van der Waals surface area contributed by atoms with E-state index in [0.29, 0.717) is 5.56 Å². The second-order valence-corrected chi connectivity index (χ2v) is 4.68. The molecule has 0 saturated carbocycles. The highest BCUT2D eigenvalue weighted by Gasteiger charge is 2.25. The molecule has 1 aromatic carbocycles. The van der Waals surface area contributed by atoms with Crippen molar-refractivity contribution in [3.8, 4) is 0 Å². The maximum atomic E-state index is 13.8. The van der Waals surface area contributed by atoms with E-state index in [9.17, 15) is 18.7 Å². The fourth-order valence-corrected chi connectivity index (χ4v) is 1.98. The fourth-order valence-electron chi connectivity index (χ4n) is 1.84. The van der Waals surface area contributed by atoms with Crippen LogP contribution in [-0.4, -0.2) is 16.1 Å². The van der Waals surface area contributed by atoms with Crippen LogP contribution in [0.3, 0.4) is 0 Å². The summed E-state index contributed by atoms with van der Waals surface area (Å²) in [6.07, 6.45) is 1.21. The van der Waals surface area contributed by atoms with Crippen molar-refractivity contribution in [1.29, 1.82) is 0 Å². The Morgan fingerprint density at radius 1 is 1.30 bits per heavy atom. The fraction of sp³-hybridized carbons (Fsp3) is 0.143. The number of carboxylic acids is 1. The van der Waals surface area contributed by atoms with Crippen LogP contribution < -0.4 is 0 Å². The van der Waals surface area contributed by atoms with Gasteiger partial charge in [-0.25, -0.2) is 8.78 Å². The van der Waals surface area contributed by atoms with Gasteiger partial charge in [-0.3, -0.25) is 9.78 Å². The van der Waals surface area contributed by atoms with Crippen LogP contribution in [-0.2, 0) is 11.2 Å². The molecule has 1 heterocycles. The van der Waals surface area contributed by atoms with Gasteiger partial charge in [-0.15, -0.1) is 0 Å². The van der Waals surface area contributed by atoms with E-state index in [1.807, 2.05) is 0 Å². The third-order valence-electron chi connectivity index (χ3n) is 2.82. The molecule has 0 saturated heterocycles. The van der Waals surface area contributed by atoms with Gasteiger partial charge in [0.1, 0.15) is 17.6 Å². The Labute approximate surface area is 118 Å². The molecule has 1 atom stereocenters. The Balaban J connectivity index is 2.31. The summed E-state index contributed by atoms with van der Waals surface area (Å²) >= 11 is 5.59. The normalized spacial score (nSPS) is 12.2. The van der Waals surface area contributed by atoms with Gasteiger partial charge in [0, 0.05) is 6.20 Å². The molecular weight excluding hydrogens is 288 g/mol. The first kappa shape index (κ1) is 14.4. The molecule has 0 aliphatic carbocycles. The van der Waals surface area contributed by atoms with E-state index in [-0.39, 0.29) is 17.1 Å². The van der Waals surface area contributed by atoms with Crippen LogP contribution in [0.5, 0.6) is 0 Å². The van der Waals surface area contributed by atoms with E-state index >= 15 is 0 Å². The molecule has 2 aromatic rings. The van der Waals surface area contributed by atoms with Gasteiger partial charge in [0.2, 0.25) is 0 Å². The van der Waals surface area contributed by atoms with Crippen LogP contribution in [0.15, 0.2) is 36.5 Å². The van der Waals surface area contributed by atoms with Crippen LogP contribution >= 0.6 is 11.6 Å². The lowest BCUT2D eigenvalue weighted by molar-refractivity contribution is -0.138. The third kappa shape index (κ3) is 3.30. The number of carbonyl (C=O) groups is 1. The molecule has 0 radical (unpaired) electrons. The van der Waals surface area contributed by atoms with E-state index in [1.54, 1.807) is 0 Å². The highest BCUT2D eigenvalue weighted by molar-refractivity contribution is 6.30. The molecule has 6 heteroatoms. The smallest absolute Gasteiger partial charge is 0.313 e. The number of pyridine rings is 1. The summed E-state index contributed by atoms with van der Waals surface area (Å²) in [7, 11) is 0. The number of nitrogens with zero attached hydrogens (tertiary/aromatic N) is 1. The molecular formula is C14H10ClF2NO2. The molecule has 0 bridgehead atoms. The average molecular weight is 298 g/mol. The second kappa shape index (κ2) is 5.96. The van der Waals surface area contributed by atoms with Gasteiger partial charge in [-0.05, 0) is 30.2 Å². The van der Waals surface area contributed by atoms with Crippen LogP contribution in [0.25, 0.3) is 0 Å². The molecule has 1 aromatic heterocycles. The van der Waals surface area contributed by atoms with Gasteiger partial charge in [0.25, 0.3) is 0 Å². The van der Waals surface area contributed by atoms with Crippen molar-refractivity contribution in [2.75, 3.05) is 0 Å². The highest BCUT2D eigenvalue weighted by atomic mass is 35.5. The minimum atomic E-state index is -1.21. The molecule has 0 amide bonds. The molecule has 2 rings (SSSR count). The molecule has 104 valence electrons. The molecule has 0 aliphatic rings. The molecule has 0 aliphatic heterocycles. The summed E-state index contributed by atoms with van der Waals surface area (Å²) in [5, 5.41) is 9.32. The molecule has 0 spiro atoms. The predicted octanol–water partition coefficient (Wildman–Crippen LogP) is 3.42. The van der Waals surface area contributed by atoms with Crippen molar-refractivity contribution >= 4 is 17.6 Å². The zero-order chi connectivity index (χ0) is 14.7. The first-order chi connectivity index (χ1) is 9.47. The Hall–Kier alpha value is -2.01. The van der Waals surface area contributed by atoms with Crippen LogP contribution in [0, 0.1) is 11.6 Å². The monoisotopic (exact) mass is 297 g/mol. The number of hydrogen-bond donors (Lipinski definition) is 1. The predicted molar refractivity (Wildman–Crippen MR) is 69.7 cm³/mol. The van der Waals surface area contributed by atoms with Gasteiger partial charge in [-0.1, -0.05) is 23.7 Å². The van der Waals surface area contributed by atoms with Crippen molar-refractivity contribution in [2.24, 2.45) is 0 Å². The number of carboxylic acid groups (broad SMARTS) is 1. The average Bonchev–Trinajstić information content (AvgIpc) is 2.39. The minimum Gasteiger partial charge on any atom is -0.481 e. The van der Waals surface area contributed by atoms with E-state index in [0.717, 1.165) is 6.07 Å². The van der Waals surface area contributed by atoms with Gasteiger partial charge >= 0.3 is 5.97 Å². The first-order valence-electron chi connectivity index (χ1n) is 5.75. The maximum Gasteiger partial charge on any atom is 0.313 e. The number of halogens is 3. The third-order valence-corrected chi connectivity index (χ3v) is 3.02. The Kier molecular flexibility index (Phi) is 4.29. The van der Waals surface area contributed by atoms with Crippen molar-refractivity contribution in [1.82, 2.24) is 4.98 Å². The van der Waals surface area contributed by atoms with Crippen LogP contribution in [0.1, 0.15) is 17.2 Å². The molecule has 1 N–H and O–H groups in total. The molecule has 3 nitrogen and oxygen atoms in total. The lowest BCUT2D eigenvalue weighted by Gasteiger charge is -2.13. The summed E-state index contributed by atoms with van der Waals surface area (Å²) in [6.45, 7) is 0. The number of aliphatic carboxylic acids is 1. The number of benzene rings is 1. The van der Waals surface area contributed by atoms with Gasteiger partial charge in [0.15, 0.2) is 0 Å². The molecule has 1 unspecified atom stereocenters. The van der Waals surface area contributed by atoms with E-state index < -0.39 is 23.5 Å². The van der Waals surface area contributed by atoms with Crippen molar-refractivity contribution in [3.05, 3.63) is 64.4 Å². The molecule has 0 fully saturated rings. The summed E-state index contributed by atoms with van der Waals surface area (Å²) in [5.41, 5.74) is 0.390. The quantitative estimate of drug-likeness (QED) is 0.940. The zero-order valence-electron chi connectivity index (χ0n) is 10.2. The standard InChI is InChI=1S/C14H10ClF2NO2/c15-9-6-12(17)13(18-7-9)11(14(19)20)5-8-1-3-10(16)4-2-8/h1-4,6-7,11H,5H2,(H,19,20). The van der Waals surface area contributed by atoms with Gasteiger partial charge < -0.3 is 5.11 Å². The highest BCUT2D eigenvalue weighted by Crippen LogP contribution is 2.24. The maximum absolute atomic E-state index is 13.8. The van der Waals surface area contributed by atoms with Crippen molar-refractivity contribution in [3.63, 3.8) is 0 Å². The lowest BCUT2D eigenvalue weighted by atomic mass is 9.95. The summed E-state index contributed by atoms with van der Waals surface area (Å²) < 4.78 is 26.6. The number of rotatable bonds is 4. The summed E-state index contributed by atoms with van der Waals surface area (Å²) in [6, 6.07) is 6.38. The summed E-state index contributed by atoms with van der Waals surface area (Å²) in [4.78, 5) is 15.0. The zero-order valence-corrected chi connectivity index (χ0v) is 10.9. The van der Waals surface area contributed by atoms with Gasteiger partial charge in [0.05, 0.1) is 10.7 Å². The SMILES string of the molecule is O=C(O)C(Cc1ccc(F)cc1)c1ncc(Cl)cc1F. The van der Waals surface area contributed by atoms with E-state index in [2.05, 4.69) is 4.98 Å². The minimum absolute atomic E-state index is 0.0150. The number of hydrogen-bond acceptors (Lipinski definition) is 2. The lowest BCUT2D eigenvalue weighted by Crippen LogP contribution is -2.17. The van der Waals surface area contributed by atoms with Crippen LogP contribution in [0.4, 0.5) is 8.78 Å². The first-order valence-corrected chi connectivity index (χ1v) is 6.13. The summed E-state index contributed by atoms with van der Waals surface area (Å²) in [5.74, 6) is -3.55. The van der Waals surface area contributed by atoms with Crippen LogP contribution in [0.2, 0.25) is 5.02 Å². The Morgan fingerprint density at radius 2 is 1.95 bits per heavy atom. The number of aromatic nitrogens is 1. The molecule has 20 heavy (non-hydrogen) atoms.